The third kappa shape index (κ3) is 5.99. The van der Waals surface area contributed by atoms with E-state index in [-0.39, 0.29) is 0 Å². The topological polar surface area (TPSA) is 0 Å². The molecule has 0 saturated heterocycles. The monoisotopic (exact) mass is 784 g/mol. The molecule has 12 rings (SSSR count). The highest BCUT2D eigenvalue weighted by molar-refractivity contribution is 6.22. The van der Waals surface area contributed by atoms with E-state index in [1.807, 2.05) is 0 Å². The summed E-state index contributed by atoms with van der Waals surface area (Å²) in [4.78, 5) is 0. The molecule has 0 aliphatic heterocycles. The Morgan fingerprint density at radius 1 is 0.161 bits per heavy atom. The van der Waals surface area contributed by atoms with Crippen molar-refractivity contribution in [3.8, 4) is 66.8 Å². The molecule has 0 atom stereocenters. The predicted octanol–water partition coefficient (Wildman–Crippen LogP) is 17.5. The third-order valence-electron chi connectivity index (χ3n) is 12.8. The van der Waals surface area contributed by atoms with Gasteiger partial charge in [-0.25, -0.2) is 0 Å². The van der Waals surface area contributed by atoms with Gasteiger partial charge in [-0.2, -0.15) is 0 Å². The van der Waals surface area contributed by atoms with Gasteiger partial charge in [0.15, 0.2) is 0 Å². The molecule has 0 heteroatoms. The van der Waals surface area contributed by atoms with Crippen LogP contribution in [-0.4, -0.2) is 0 Å². The smallest absolute Gasteiger partial charge is 0.00262 e. The van der Waals surface area contributed by atoms with Crippen molar-refractivity contribution < 1.29 is 0 Å². The van der Waals surface area contributed by atoms with E-state index >= 15 is 0 Å². The third-order valence-corrected chi connectivity index (χ3v) is 12.8. The van der Waals surface area contributed by atoms with Crippen LogP contribution in [0.25, 0.3) is 121 Å². The fourth-order valence-electron chi connectivity index (χ4n) is 10.0. The molecular weight excluding hydrogens is 745 g/mol. The van der Waals surface area contributed by atoms with E-state index in [9.17, 15) is 0 Å². The summed E-state index contributed by atoms with van der Waals surface area (Å²) in [6, 6.07) is 89.4. The van der Waals surface area contributed by atoms with E-state index < -0.39 is 0 Å². The Morgan fingerprint density at radius 2 is 0.532 bits per heavy atom. The molecule has 62 heavy (non-hydrogen) atoms. The molecule has 288 valence electrons. The van der Waals surface area contributed by atoms with Crippen LogP contribution in [0.5, 0.6) is 0 Å². The van der Waals surface area contributed by atoms with Gasteiger partial charge in [0.05, 0.1) is 0 Å². The van der Waals surface area contributed by atoms with Gasteiger partial charge in [0.2, 0.25) is 0 Å². The predicted molar refractivity (Wildman–Crippen MR) is 267 cm³/mol. The van der Waals surface area contributed by atoms with Gasteiger partial charge in [-0.05, 0) is 133 Å². The molecule has 0 amide bonds. The van der Waals surface area contributed by atoms with Crippen molar-refractivity contribution >= 4 is 53.9 Å². The Hall–Kier alpha value is -8.06. The fraction of sp³-hybridized carbons (Fsp3) is 0. The minimum atomic E-state index is 1.20. The van der Waals surface area contributed by atoms with Crippen LogP contribution in [0.15, 0.2) is 243 Å². The molecule has 0 heterocycles. The summed E-state index contributed by atoms with van der Waals surface area (Å²) in [6.45, 7) is 0. The summed E-state index contributed by atoms with van der Waals surface area (Å²) in [5.41, 5.74) is 14.8. The summed E-state index contributed by atoms with van der Waals surface area (Å²) in [6.07, 6.45) is 0. The Kier molecular flexibility index (Phi) is 8.61. The van der Waals surface area contributed by atoms with Crippen LogP contribution < -0.4 is 0 Å². The van der Waals surface area contributed by atoms with Gasteiger partial charge < -0.3 is 0 Å². The normalized spacial score (nSPS) is 11.5. The lowest BCUT2D eigenvalue weighted by Crippen LogP contribution is -1.92. The largest absolute Gasteiger partial charge is 0.0622 e. The molecule has 0 nitrogen and oxygen atoms in total. The maximum Gasteiger partial charge on any atom is -0.00262 e. The molecule has 0 aliphatic rings. The Labute approximate surface area is 361 Å². The first-order chi connectivity index (χ1) is 30.8. The molecule has 0 aromatic heterocycles. The minimum absolute atomic E-state index is 1.20. The maximum atomic E-state index is 2.41. The molecule has 0 bridgehead atoms. The summed E-state index contributed by atoms with van der Waals surface area (Å²) < 4.78 is 0. The first-order valence-corrected chi connectivity index (χ1v) is 21.5. The molecule has 0 unspecified atom stereocenters. The molecule has 12 aromatic carbocycles. The number of benzene rings is 12. The lowest BCUT2D eigenvalue weighted by molar-refractivity contribution is 1.60. The quantitative estimate of drug-likeness (QED) is 0.147. The highest BCUT2D eigenvalue weighted by atomic mass is 14.2. The average Bonchev–Trinajstić information content (AvgIpc) is 3.35. The summed E-state index contributed by atoms with van der Waals surface area (Å²) in [5.74, 6) is 0. The number of hydrogen-bond acceptors (Lipinski definition) is 0. The summed E-state index contributed by atoms with van der Waals surface area (Å²) in [5, 5.41) is 12.5. The summed E-state index contributed by atoms with van der Waals surface area (Å²) in [7, 11) is 0. The van der Waals surface area contributed by atoms with Gasteiger partial charge in [0.1, 0.15) is 0 Å². The molecular formula is C62H40. The number of hydrogen-bond donors (Lipinski definition) is 0. The van der Waals surface area contributed by atoms with Crippen LogP contribution >= 0.6 is 0 Å². The lowest BCUT2D eigenvalue weighted by atomic mass is 9.84. The minimum Gasteiger partial charge on any atom is -0.0622 e. The maximum absolute atomic E-state index is 2.41. The molecule has 0 spiro atoms. The van der Waals surface area contributed by atoms with Crippen molar-refractivity contribution in [2.24, 2.45) is 0 Å². The molecule has 12 aromatic rings. The van der Waals surface area contributed by atoms with Crippen LogP contribution in [0.1, 0.15) is 0 Å². The van der Waals surface area contributed by atoms with E-state index in [2.05, 4.69) is 243 Å². The van der Waals surface area contributed by atoms with Crippen LogP contribution in [0.2, 0.25) is 0 Å². The van der Waals surface area contributed by atoms with E-state index in [4.69, 9.17) is 0 Å². The van der Waals surface area contributed by atoms with Crippen molar-refractivity contribution in [2.75, 3.05) is 0 Å². The average molecular weight is 785 g/mol. The van der Waals surface area contributed by atoms with E-state index in [0.717, 1.165) is 0 Å². The Morgan fingerprint density at radius 3 is 1.13 bits per heavy atom. The van der Waals surface area contributed by atoms with E-state index in [0.29, 0.717) is 0 Å². The van der Waals surface area contributed by atoms with Crippen molar-refractivity contribution in [2.45, 2.75) is 0 Å². The van der Waals surface area contributed by atoms with Crippen molar-refractivity contribution in [1.82, 2.24) is 0 Å². The second kappa shape index (κ2) is 14.9. The zero-order chi connectivity index (χ0) is 41.0. The fourth-order valence-corrected chi connectivity index (χ4v) is 10.0. The van der Waals surface area contributed by atoms with Gasteiger partial charge in [-0.1, -0.05) is 231 Å². The molecule has 0 radical (unpaired) electrons. The second-order valence-electron chi connectivity index (χ2n) is 16.3. The summed E-state index contributed by atoms with van der Waals surface area (Å²) >= 11 is 0. The van der Waals surface area contributed by atoms with Crippen molar-refractivity contribution in [1.29, 1.82) is 0 Å². The number of rotatable bonds is 6. The van der Waals surface area contributed by atoms with Gasteiger partial charge in [-0.3, -0.25) is 0 Å². The Bertz CT molecular complexity index is 3610. The van der Waals surface area contributed by atoms with Gasteiger partial charge in [-0.15, -0.1) is 0 Å². The Balaban J connectivity index is 1.03. The second-order valence-corrected chi connectivity index (χ2v) is 16.3. The lowest BCUT2D eigenvalue weighted by Gasteiger charge is -2.19. The highest BCUT2D eigenvalue weighted by Crippen LogP contribution is 2.47. The molecule has 0 fully saturated rings. The van der Waals surface area contributed by atoms with Gasteiger partial charge in [0, 0.05) is 0 Å². The standard InChI is InChI=1S/C62H40/c1-2-16-42(17-3-1)53-37-35-43-18-6-8-23-51(43)59(53)45-30-32-46(33-31-45)60-55-25-10-12-27-57(55)62(58-28-13-11-26-56(58)60)49-22-14-21-48(40-49)54-38-36-44-19-7-9-24-52(44)61(54)50-34-29-41-15-4-5-20-47(41)39-50/h1-40H. The molecule has 0 saturated carbocycles. The number of fused-ring (bicyclic) bond motifs is 5. The first kappa shape index (κ1) is 35.8. The molecule has 0 aliphatic carbocycles. The highest BCUT2D eigenvalue weighted by Gasteiger charge is 2.19. The zero-order valence-corrected chi connectivity index (χ0v) is 34.1. The van der Waals surface area contributed by atoms with Gasteiger partial charge >= 0.3 is 0 Å². The van der Waals surface area contributed by atoms with Crippen LogP contribution in [0.4, 0.5) is 0 Å². The van der Waals surface area contributed by atoms with Crippen LogP contribution in [0.3, 0.4) is 0 Å². The van der Waals surface area contributed by atoms with E-state index in [1.165, 1.54) is 121 Å². The van der Waals surface area contributed by atoms with Crippen LogP contribution in [0, 0.1) is 0 Å². The first-order valence-electron chi connectivity index (χ1n) is 21.5. The van der Waals surface area contributed by atoms with Crippen LogP contribution in [-0.2, 0) is 0 Å². The van der Waals surface area contributed by atoms with Crippen molar-refractivity contribution in [3.05, 3.63) is 243 Å². The SMILES string of the molecule is c1ccc(-c2ccc3ccccc3c2-c2ccc(-c3c4ccccc4c(-c4cccc(-c5ccc6ccccc6c5-c5ccc6ccccc6c5)c4)c4ccccc34)cc2)cc1. The van der Waals surface area contributed by atoms with E-state index in [1.54, 1.807) is 0 Å². The molecule has 0 N–H and O–H groups in total. The zero-order valence-electron chi connectivity index (χ0n) is 34.1. The van der Waals surface area contributed by atoms with Gasteiger partial charge in [0.25, 0.3) is 0 Å². The van der Waals surface area contributed by atoms with Crippen molar-refractivity contribution in [3.63, 3.8) is 0 Å².